The van der Waals surface area contributed by atoms with Crippen LogP contribution in [0.4, 0.5) is 0 Å². The molecule has 2 aromatic carbocycles. The quantitative estimate of drug-likeness (QED) is 0.671. The van der Waals surface area contributed by atoms with Gasteiger partial charge in [-0.2, -0.15) is 0 Å². The van der Waals surface area contributed by atoms with Crippen LogP contribution < -0.4 is 5.32 Å². The van der Waals surface area contributed by atoms with E-state index in [0.717, 1.165) is 16.7 Å². The minimum absolute atomic E-state index is 0.0373. The van der Waals surface area contributed by atoms with Crippen LogP contribution in [-0.2, 0) is 0 Å². The third kappa shape index (κ3) is 4.41. The zero-order chi connectivity index (χ0) is 18.4. The van der Waals surface area contributed by atoms with E-state index in [1.54, 1.807) is 13.0 Å². The first-order chi connectivity index (χ1) is 12.6. The lowest BCUT2D eigenvalue weighted by Gasteiger charge is -2.19. The third-order valence-electron chi connectivity index (χ3n) is 4.36. The van der Waals surface area contributed by atoms with Gasteiger partial charge in [0.15, 0.2) is 5.76 Å². The van der Waals surface area contributed by atoms with Crippen LogP contribution in [0.2, 0.25) is 0 Å². The summed E-state index contributed by atoms with van der Waals surface area (Å²) in [5.74, 6) is 0.0933. The fraction of sp³-hybridized carbons (Fsp3) is 0.227. The van der Waals surface area contributed by atoms with Gasteiger partial charge in [0, 0.05) is 18.0 Å². The molecule has 0 fully saturated rings. The fourth-order valence-corrected chi connectivity index (χ4v) is 3.10. The smallest absolute Gasteiger partial charge is 0.287 e. The first-order valence-electron chi connectivity index (χ1n) is 8.79. The van der Waals surface area contributed by atoms with E-state index in [2.05, 4.69) is 5.32 Å². The Bertz CT molecular complexity index is 825. The number of aliphatic hydroxyl groups excluding tert-OH is 1. The molecule has 0 saturated heterocycles. The lowest BCUT2D eigenvalue weighted by atomic mass is 9.93. The van der Waals surface area contributed by atoms with E-state index >= 15 is 0 Å². The summed E-state index contributed by atoms with van der Waals surface area (Å²) in [6.45, 7) is 2.19. The van der Waals surface area contributed by atoms with Crippen LogP contribution in [0.25, 0.3) is 11.1 Å². The van der Waals surface area contributed by atoms with Crippen LogP contribution in [0, 0.1) is 0 Å². The van der Waals surface area contributed by atoms with Gasteiger partial charge in [-0.25, -0.2) is 0 Å². The Balaban J connectivity index is 1.73. The summed E-state index contributed by atoms with van der Waals surface area (Å²) in [5.41, 5.74) is 2.81. The Hall–Kier alpha value is -2.85. The normalized spacial score (nSPS) is 13.2. The summed E-state index contributed by atoms with van der Waals surface area (Å²) >= 11 is 0. The van der Waals surface area contributed by atoms with Crippen LogP contribution in [0.1, 0.15) is 35.4 Å². The molecule has 2 atom stereocenters. The Morgan fingerprint density at radius 2 is 1.69 bits per heavy atom. The molecule has 1 heterocycles. The molecule has 134 valence electrons. The van der Waals surface area contributed by atoms with Crippen LogP contribution >= 0.6 is 0 Å². The van der Waals surface area contributed by atoms with Crippen molar-refractivity contribution in [2.45, 2.75) is 25.4 Å². The number of carbonyl (C=O) groups is 1. The number of hydrogen-bond acceptors (Lipinski definition) is 3. The average Bonchev–Trinajstić information content (AvgIpc) is 3.16. The van der Waals surface area contributed by atoms with Crippen molar-refractivity contribution in [1.82, 2.24) is 5.32 Å². The van der Waals surface area contributed by atoms with Crippen LogP contribution in [0.5, 0.6) is 0 Å². The van der Waals surface area contributed by atoms with Crippen molar-refractivity contribution in [3.8, 4) is 11.1 Å². The highest BCUT2D eigenvalue weighted by Crippen LogP contribution is 2.25. The van der Waals surface area contributed by atoms with Crippen molar-refractivity contribution in [2.24, 2.45) is 0 Å². The number of nitrogens with one attached hydrogen (secondary N) is 1. The summed E-state index contributed by atoms with van der Waals surface area (Å²) < 4.78 is 5.44. The Morgan fingerprint density at radius 3 is 2.35 bits per heavy atom. The van der Waals surface area contributed by atoms with Crippen LogP contribution in [0.3, 0.4) is 0 Å². The summed E-state index contributed by atoms with van der Waals surface area (Å²) in [6.07, 6.45) is 1.66. The SMILES string of the molecule is CC(O)CC(CNC(=O)c1occc1-c1ccccc1)c1ccccc1. The van der Waals surface area contributed by atoms with E-state index in [-0.39, 0.29) is 11.8 Å². The maximum Gasteiger partial charge on any atom is 0.287 e. The highest BCUT2D eigenvalue weighted by molar-refractivity contribution is 5.98. The van der Waals surface area contributed by atoms with Crippen molar-refractivity contribution in [2.75, 3.05) is 6.54 Å². The predicted molar refractivity (Wildman–Crippen MR) is 102 cm³/mol. The largest absolute Gasteiger partial charge is 0.459 e. The molecule has 0 aliphatic heterocycles. The summed E-state index contributed by atoms with van der Waals surface area (Å²) in [6, 6.07) is 21.4. The lowest BCUT2D eigenvalue weighted by molar-refractivity contribution is 0.0919. The van der Waals surface area contributed by atoms with Gasteiger partial charge in [0.05, 0.1) is 12.4 Å². The maximum atomic E-state index is 12.7. The minimum Gasteiger partial charge on any atom is -0.459 e. The van der Waals surface area contributed by atoms with Crippen molar-refractivity contribution >= 4 is 5.91 Å². The van der Waals surface area contributed by atoms with E-state index < -0.39 is 6.10 Å². The predicted octanol–water partition coefficient (Wildman–Crippen LogP) is 4.23. The van der Waals surface area contributed by atoms with Crippen molar-refractivity contribution < 1.29 is 14.3 Å². The molecule has 3 rings (SSSR count). The number of hydrogen-bond donors (Lipinski definition) is 2. The molecule has 0 saturated carbocycles. The first-order valence-corrected chi connectivity index (χ1v) is 8.79. The van der Waals surface area contributed by atoms with Gasteiger partial charge < -0.3 is 14.8 Å². The van der Waals surface area contributed by atoms with Crippen molar-refractivity contribution in [3.63, 3.8) is 0 Å². The maximum absolute atomic E-state index is 12.7. The fourth-order valence-electron chi connectivity index (χ4n) is 3.10. The molecule has 4 nitrogen and oxygen atoms in total. The van der Waals surface area contributed by atoms with Crippen LogP contribution in [-0.4, -0.2) is 23.7 Å². The van der Waals surface area contributed by atoms with Gasteiger partial charge >= 0.3 is 0 Å². The van der Waals surface area contributed by atoms with E-state index in [4.69, 9.17) is 4.42 Å². The van der Waals surface area contributed by atoms with Gasteiger partial charge in [0.25, 0.3) is 5.91 Å². The van der Waals surface area contributed by atoms with Gasteiger partial charge in [0.2, 0.25) is 0 Å². The van der Waals surface area contributed by atoms with Gasteiger partial charge in [-0.05, 0) is 30.5 Å². The molecule has 0 spiro atoms. The summed E-state index contributed by atoms with van der Waals surface area (Å²) in [4.78, 5) is 12.7. The standard InChI is InChI=1S/C22H23NO3/c1-16(24)14-19(17-8-4-2-5-9-17)15-23-22(25)21-20(12-13-26-21)18-10-6-3-7-11-18/h2-13,16,19,24H,14-15H2,1H3,(H,23,25). The molecule has 3 aromatic rings. The van der Waals surface area contributed by atoms with Gasteiger partial charge in [-0.3, -0.25) is 4.79 Å². The Kier molecular flexibility index (Phi) is 5.87. The molecule has 0 radical (unpaired) electrons. The lowest BCUT2D eigenvalue weighted by Crippen LogP contribution is -2.29. The molecule has 2 unspecified atom stereocenters. The number of aliphatic hydroxyl groups is 1. The second-order valence-corrected chi connectivity index (χ2v) is 6.43. The summed E-state index contributed by atoms with van der Waals surface area (Å²) in [7, 11) is 0. The van der Waals surface area contributed by atoms with Crippen molar-refractivity contribution in [1.29, 1.82) is 0 Å². The average molecular weight is 349 g/mol. The van der Waals surface area contributed by atoms with Gasteiger partial charge in [-0.15, -0.1) is 0 Å². The molecular formula is C22H23NO3. The molecule has 1 aromatic heterocycles. The summed E-state index contributed by atoms with van der Waals surface area (Å²) in [5, 5.41) is 12.8. The molecule has 0 bridgehead atoms. The molecule has 26 heavy (non-hydrogen) atoms. The number of benzene rings is 2. The van der Waals surface area contributed by atoms with Gasteiger partial charge in [-0.1, -0.05) is 60.7 Å². The number of amides is 1. The highest BCUT2D eigenvalue weighted by atomic mass is 16.3. The molecule has 1 amide bonds. The zero-order valence-electron chi connectivity index (χ0n) is 14.8. The van der Waals surface area contributed by atoms with E-state index in [1.165, 1.54) is 6.26 Å². The highest BCUT2D eigenvalue weighted by Gasteiger charge is 2.20. The zero-order valence-corrected chi connectivity index (χ0v) is 14.8. The van der Waals surface area contributed by atoms with Gasteiger partial charge in [0.1, 0.15) is 0 Å². The molecule has 0 aliphatic rings. The second kappa shape index (κ2) is 8.50. The van der Waals surface area contributed by atoms with E-state index in [0.29, 0.717) is 18.7 Å². The van der Waals surface area contributed by atoms with Crippen molar-refractivity contribution in [3.05, 3.63) is 84.3 Å². The van der Waals surface area contributed by atoms with Crippen LogP contribution in [0.15, 0.2) is 77.4 Å². The third-order valence-corrected chi connectivity index (χ3v) is 4.36. The number of furan rings is 1. The first kappa shape index (κ1) is 18.0. The Morgan fingerprint density at radius 1 is 1.04 bits per heavy atom. The van der Waals surface area contributed by atoms with E-state index in [9.17, 15) is 9.90 Å². The number of carbonyl (C=O) groups excluding carboxylic acids is 1. The molecular weight excluding hydrogens is 326 g/mol. The molecule has 0 aliphatic carbocycles. The van der Waals surface area contributed by atoms with E-state index in [1.807, 2.05) is 60.7 Å². The monoisotopic (exact) mass is 349 g/mol. The Labute approximate surface area is 153 Å². The number of rotatable bonds is 7. The molecule has 4 heteroatoms. The second-order valence-electron chi connectivity index (χ2n) is 6.43. The molecule has 2 N–H and O–H groups in total. The minimum atomic E-state index is -0.444. The topological polar surface area (TPSA) is 62.5 Å².